The molecule has 4 heteroatoms. The minimum Gasteiger partial charge on any atom is -0.349 e. The van der Waals surface area contributed by atoms with Crippen LogP contribution in [0.15, 0.2) is 10.9 Å². The van der Waals surface area contributed by atoms with Crippen LogP contribution >= 0.6 is 0 Å². The maximum absolute atomic E-state index is 12.3. The fourth-order valence-corrected chi connectivity index (χ4v) is 2.76. The Balaban J connectivity index is 2.24. The third-order valence-electron chi connectivity index (χ3n) is 4.03. The van der Waals surface area contributed by atoms with Crippen molar-refractivity contribution in [2.24, 2.45) is 7.05 Å². The van der Waals surface area contributed by atoms with Gasteiger partial charge in [0.05, 0.1) is 0 Å². The Morgan fingerprint density at radius 1 is 1.26 bits per heavy atom. The lowest BCUT2D eigenvalue weighted by Crippen LogP contribution is -2.40. The molecule has 1 saturated carbocycles. The third kappa shape index (κ3) is 2.88. The minimum absolute atomic E-state index is 0.203. The van der Waals surface area contributed by atoms with E-state index >= 15 is 0 Å². The van der Waals surface area contributed by atoms with E-state index in [4.69, 9.17) is 0 Å². The van der Waals surface area contributed by atoms with Gasteiger partial charge in [0.25, 0.3) is 11.5 Å². The van der Waals surface area contributed by atoms with Crippen LogP contribution in [0.2, 0.25) is 0 Å². The van der Waals surface area contributed by atoms with Crippen LogP contribution in [0.5, 0.6) is 0 Å². The molecular formula is C15H22N2O2. The van der Waals surface area contributed by atoms with E-state index in [0.29, 0.717) is 5.56 Å². The first kappa shape index (κ1) is 13.8. The van der Waals surface area contributed by atoms with Gasteiger partial charge in [0.1, 0.15) is 5.56 Å². The van der Waals surface area contributed by atoms with Crippen LogP contribution in [0.1, 0.15) is 53.7 Å². The second-order valence-corrected chi connectivity index (χ2v) is 5.52. The molecule has 1 aromatic rings. The Morgan fingerprint density at radius 2 is 1.89 bits per heavy atom. The summed E-state index contributed by atoms with van der Waals surface area (Å²) in [5.74, 6) is -0.218. The molecule has 0 aromatic carbocycles. The monoisotopic (exact) mass is 262 g/mol. The Hall–Kier alpha value is -1.58. The number of aromatic nitrogens is 1. The number of pyridine rings is 1. The lowest BCUT2D eigenvalue weighted by atomic mass is 9.95. The zero-order valence-electron chi connectivity index (χ0n) is 12.0. The average molecular weight is 262 g/mol. The number of carbonyl (C=O) groups is 1. The van der Waals surface area contributed by atoms with Crippen LogP contribution < -0.4 is 10.9 Å². The third-order valence-corrected chi connectivity index (χ3v) is 4.03. The summed E-state index contributed by atoms with van der Waals surface area (Å²) in [7, 11) is 1.70. The van der Waals surface area contributed by atoms with Crippen molar-refractivity contribution >= 4 is 5.91 Å². The first-order valence-corrected chi connectivity index (χ1v) is 6.99. The van der Waals surface area contributed by atoms with Crippen LogP contribution in [0, 0.1) is 13.8 Å². The highest BCUT2D eigenvalue weighted by Gasteiger charge is 2.20. The fourth-order valence-electron chi connectivity index (χ4n) is 2.76. The summed E-state index contributed by atoms with van der Waals surface area (Å²) in [6, 6.07) is 2.11. The van der Waals surface area contributed by atoms with Crippen molar-refractivity contribution in [1.29, 1.82) is 0 Å². The van der Waals surface area contributed by atoms with Gasteiger partial charge in [-0.25, -0.2) is 0 Å². The highest BCUT2D eigenvalue weighted by Crippen LogP contribution is 2.18. The molecule has 19 heavy (non-hydrogen) atoms. The molecule has 104 valence electrons. The van der Waals surface area contributed by atoms with Crippen molar-refractivity contribution in [3.63, 3.8) is 0 Å². The van der Waals surface area contributed by atoms with Crippen molar-refractivity contribution < 1.29 is 4.79 Å². The molecule has 0 saturated heterocycles. The number of hydrogen-bond donors (Lipinski definition) is 1. The molecule has 1 fully saturated rings. The maximum Gasteiger partial charge on any atom is 0.263 e. The number of rotatable bonds is 2. The Morgan fingerprint density at radius 3 is 2.53 bits per heavy atom. The number of nitrogens with zero attached hydrogens (tertiary/aromatic N) is 1. The molecular weight excluding hydrogens is 240 g/mol. The highest BCUT2D eigenvalue weighted by atomic mass is 16.2. The highest BCUT2D eigenvalue weighted by molar-refractivity contribution is 5.95. The van der Waals surface area contributed by atoms with E-state index in [1.165, 1.54) is 11.0 Å². The van der Waals surface area contributed by atoms with Gasteiger partial charge in [-0.1, -0.05) is 19.3 Å². The first-order valence-electron chi connectivity index (χ1n) is 6.99. The first-order chi connectivity index (χ1) is 9.00. The van der Waals surface area contributed by atoms with Gasteiger partial charge in [0, 0.05) is 18.8 Å². The van der Waals surface area contributed by atoms with Crippen molar-refractivity contribution in [3.05, 3.63) is 33.2 Å². The van der Waals surface area contributed by atoms with E-state index in [1.807, 2.05) is 19.9 Å². The van der Waals surface area contributed by atoms with E-state index in [-0.39, 0.29) is 17.5 Å². The van der Waals surface area contributed by atoms with Gasteiger partial charge in [-0.15, -0.1) is 0 Å². The predicted octanol–water partition coefficient (Wildman–Crippen LogP) is 2.06. The summed E-state index contributed by atoms with van der Waals surface area (Å²) in [5, 5.41) is 3.01. The zero-order chi connectivity index (χ0) is 14.0. The Bertz CT molecular complexity index is 540. The Kier molecular flexibility index (Phi) is 4.08. The summed E-state index contributed by atoms with van der Waals surface area (Å²) in [6.07, 6.45) is 5.62. The zero-order valence-corrected chi connectivity index (χ0v) is 12.0. The van der Waals surface area contributed by atoms with Gasteiger partial charge in [0.15, 0.2) is 0 Å². The summed E-state index contributed by atoms with van der Waals surface area (Å²) in [6.45, 7) is 3.70. The molecule has 1 aliphatic rings. The molecule has 0 aliphatic heterocycles. The summed E-state index contributed by atoms with van der Waals surface area (Å²) in [5.41, 5.74) is 1.72. The standard InChI is InChI=1S/C15H22N2O2/c1-10-9-11(2)17(3)15(19)13(10)14(18)16-12-7-5-4-6-8-12/h9,12H,4-8H2,1-3H3,(H,16,18). The lowest BCUT2D eigenvalue weighted by molar-refractivity contribution is 0.0925. The molecule has 1 N–H and O–H groups in total. The topological polar surface area (TPSA) is 51.1 Å². The van der Waals surface area contributed by atoms with E-state index in [0.717, 1.165) is 36.9 Å². The number of amides is 1. The normalized spacial score (nSPS) is 16.4. The molecule has 0 unspecified atom stereocenters. The molecule has 2 rings (SSSR count). The summed E-state index contributed by atoms with van der Waals surface area (Å²) in [4.78, 5) is 24.5. The van der Waals surface area contributed by atoms with Gasteiger partial charge in [0.2, 0.25) is 0 Å². The second-order valence-electron chi connectivity index (χ2n) is 5.52. The van der Waals surface area contributed by atoms with Crippen LogP contribution in [-0.4, -0.2) is 16.5 Å². The smallest absolute Gasteiger partial charge is 0.263 e. The number of nitrogens with one attached hydrogen (secondary N) is 1. The largest absolute Gasteiger partial charge is 0.349 e. The van der Waals surface area contributed by atoms with Gasteiger partial charge in [-0.2, -0.15) is 0 Å². The van der Waals surface area contributed by atoms with Gasteiger partial charge >= 0.3 is 0 Å². The minimum atomic E-state index is -0.218. The molecule has 1 aliphatic carbocycles. The van der Waals surface area contributed by atoms with Crippen molar-refractivity contribution in [2.45, 2.75) is 52.0 Å². The molecule has 4 nitrogen and oxygen atoms in total. The van der Waals surface area contributed by atoms with Crippen LogP contribution in [0.4, 0.5) is 0 Å². The second kappa shape index (κ2) is 5.59. The molecule has 1 aromatic heterocycles. The molecule has 0 radical (unpaired) electrons. The maximum atomic E-state index is 12.3. The van der Waals surface area contributed by atoms with E-state index < -0.39 is 0 Å². The lowest BCUT2D eigenvalue weighted by Gasteiger charge is -2.23. The molecule has 0 bridgehead atoms. The van der Waals surface area contributed by atoms with E-state index in [1.54, 1.807) is 7.05 Å². The fraction of sp³-hybridized carbons (Fsp3) is 0.600. The van der Waals surface area contributed by atoms with Crippen molar-refractivity contribution in [3.8, 4) is 0 Å². The SMILES string of the molecule is Cc1cc(C)n(C)c(=O)c1C(=O)NC1CCCCC1. The number of hydrogen-bond acceptors (Lipinski definition) is 2. The molecule has 0 spiro atoms. The van der Waals surface area contributed by atoms with Gasteiger partial charge in [-0.05, 0) is 38.3 Å². The summed E-state index contributed by atoms with van der Waals surface area (Å²) < 4.78 is 1.53. The predicted molar refractivity (Wildman–Crippen MR) is 75.5 cm³/mol. The van der Waals surface area contributed by atoms with E-state index in [2.05, 4.69) is 5.32 Å². The molecule has 1 amide bonds. The van der Waals surface area contributed by atoms with Crippen molar-refractivity contribution in [1.82, 2.24) is 9.88 Å². The quantitative estimate of drug-likeness (QED) is 0.887. The number of carbonyl (C=O) groups excluding carboxylic acids is 1. The van der Waals surface area contributed by atoms with Crippen LogP contribution in [0.25, 0.3) is 0 Å². The van der Waals surface area contributed by atoms with Crippen LogP contribution in [-0.2, 0) is 7.05 Å². The number of aryl methyl sites for hydroxylation is 2. The summed E-state index contributed by atoms with van der Waals surface area (Å²) >= 11 is 0. The average Bonchev–Trinajstić information content (AvgIpc) is 2.37. The van der Waals surface area contributed by atoms with Gasteiger partial charge < -0.3 is 9.88 Å². The molecule has 0 atom stereocenters. The van der Waals surface area contributed by atoms with Crippen LogP contribution in [0.3, 0.4) is 0 Å². The van der Waals surface area contributed by atoms with Gasteiger partial charge in [-0.3, -0.25) is 9.59 Å². The van der Waals surface area contributed by atoms with E-state index in [9.17, 15) is 9.59 Å². The Labute approximate surface area is 113 Å². The van der Waals surface area contributed by atoms with Crippen molar-refractivity contribution in [2.75, 3.05) is 0 Å². The molecule has 1 heterocycles.